The van der Waals surface area contributed by atoms with Crippen molar-refractivity contribution in [3.8, 4) is 5.75 Å². The van der Waals surface area contributed by atoms with Gasteiger partial charge in [-0.15, -0.1) is 0 Å². The fourth-order valence-corrected chi connectivity index (χ4v) is 2.57. The standard InChI is InChI=1S/C15H23NO2/c1-3-14(13-7-5-6-8-15(13)17)16-11-9-12(10-11)18-4-2/h5-8,11-12,14,16-17H,3-4,9-10H2,1-2H3. The third-order valence-corrected chi connectivity index (χ3v) is 3.65. The van der Waals surface area contributed by atoms with E-state index < -0.39 is 0 Å². The van der Waals surface area contributed by atoms with Gasteiger partial charge in [0, 0.05) is 24.3 Å². The molecule has 18 heavy (non-hydrogen) atoms. The average molecular weight is 249 g/mol. The minimum atomic E-state index is 0.235. The van der Waals surface area contributed by atoms with Crippen molar-refractivity contribution in [3.05, 3.63) is 29.8 Å². The van der Waals surface area contributed by atoms with Crippen LogP contribution >= 0.6 is 0 Å². The normalized spacial score (nSPS) is 24.6. The van der Waals surface area contributed by atoms with Crippen molar-refractivity contribution >= 4 is 0 Å². The number of hydrogen-bond donors (Lipinski definition) is 2. The van der Waals surface area contributed by atoms with Crippen molar-refractivity contribution in [2.24, 2.45) is 0 Å². The molecule has 1 aliphatic rings. The van der Waals surface area contributed by atoms with Crippen LogP contribution in [-0.4, -0.2) is 23.9 Å². The molecule has 1 aromatic rings. The molecule has 1 atom stereocenters. The van der Waals surface area contributed by atoms with E-state index in [1.165, 1.54) is 0 Å². The summed E-state index contributed by atoms with van der Waals surface area (Å²) in [5.74, 6) is 0.387. The molecular formula is C15H23NO2. The van der Waals surface area contributed by atoms with E-state index in [1.54, 1.807) is 6.07 Å². The molecule has 1 fully saturated rings. The first-order valence-electron chi connectivity index (χ1n) is 6.90. The van der Waals surface area contributed by atoms with Gasteiger partial charge < -0.3 is 15.2 Å². The Morgan fingerprint density at radius 2 is 2.06 bits per heavy atom. The maximum atomic E-state index is 9.89. The molecule has 1 unspecified atom stereocenters. The van der Waals surface area contributed by atoms with Crippen molar-refractivity contribution in [1.29, 1.82) is 0 Å². The number of phenols is 1. The molecule has 100 valence electrons. The van der Waals surface area contributed by atoms with E-state index in [1.807, 2.05) is 25.1 Å². The first kappa shape index (κ1) is 13.4. The molecule has 0 heterocycles. The molecule has 1 aromatic carbocycles. The molecule has 0 aliphatic heterocycles. The second-order valence-electron chi connectivity index (χ2n) is 4.93. The SMILES string of the molecule is CCOC1CC(NC(CC)c2ccccc2O)C1. The van der Waals surface area contributed by atoms with E-state index in [4.69, 9.17) is 4.74 Å². The van der Waals surface area contributed by atoms with E-state index in [9.17, 15) is 5.11 Å². The van der Waals surface area contributed by atoms with Gasteiger partial charge in [-0.25, -0.2) is 0 Å². The van der Waals surface area contributed by atoms with E-state index in [-0.39, 0.29) is 6.04 Å². The third-order valence-electron chi connectivity index (χ3n) is 3.65. The lowest BCUT2D eigenvalue weighted by Gasteiger charge is -2.38. The van der Waals surface area contributed by atoms with Crippen molar-refractivity contribution in [3.63, 3.8) is 0 Å². The van der Waals surface area contributed by atoms with Gasteiger partial charge in [-0.2, -0.15) is 0 Å². The molecule has 0 spiro atoms. The van der Waals surface area contributed by atoms with Gasteiger partial charge in [0.2, 0.25) is 0 Å². The summed E-state index contributed by atoms with van der Waals surface area (Å²) in [5.41, 5.74) is 1.000. The van der Waals surface area contributed by atoms with Crippen LogP contribution in [0.3, 0.4) is 0 Å². The molecule has 0 bridgehead atoms. The summed E-state index contributed by atoms with van der Waals surface area (Å²) in [6.45, 7) is 4.98. The van der Waals surface area contributed by atoms with Crippen LogP contribution in [0.2, 0.25) is 0 Å². The number of para-hydroxylation sites is 1. The Labute approximate surface area is 109 Å². The molecule has 2 rings (SSSR count). The summed E-state index contributed by atoms with van der Waals surface area (Å²) in [6, 6.07) is 8.34. The molecule has 0 amide bonds. The Morgan fingerprint density at radius 3 is 2.67 bits per heavy atom. The van der Waals surface area contributed by atoms with Crippen LogP contribution in [0.1, 0.15) is 44.7 Å². The van der Waals surface area contributed by atoms with Crippen molar-refractivity contribution in [1.82, 2.24) is 5.32 Å². The van der Waals surface area contributed by atoms with Gasteiger partial charge in [0.05, 0.1) is 6.10 Å². The number of aromatic hydroxyl groups is 1. The van der Waals surface area contributed by atoms with Crippen LogP contribution in [-0.2, 0) is 4.74 Å². The van der Waals surface area contributed by atoms with Crippen LogP contribution in [0.4, 0.5) is 0 Å². The molecule has 1 aliphatic carbocycles. The van der Waals surface area contributed by atoms with Gasteiger partial charge in [0.15, 0.2) is 0 Å². The Hall–Kier alpha value is -1.06. The summed E-state index contributed by atoms with van der Waals surface area (Å²) in [4.78, 5) is 0. The Bertz CT molecular complexity index is 375. The average Bonchev–Trinajstić information content (AvgIpc) is 2.33. The van der Waals surface area contributed by atoms with Crippen molar-refractivity contribution in [2.45, 2.75) is 51.3 Å². The Kier molecular flexibility index (Phi) is 4.61. The van der Waals surface area contributed by atoms with Crippen LogP contribution in [0.25, 0.3) is 0 Å². The van der Waals surface area contributed by atoms with E-state index in [2.05, 4.69) is 12.2 Å². The van der Waals surface area contributed by atoms with E-state index in [0.717, 1.165) is 31.4 Å². The summed E-state index contributed by atoms with van der Waals surface area (Å²) in [6.07, 6.45) is 3.57. The molecule has 1 saturated carbocycles. The first-order chi connectivity index (χ1) is 8.74. The predicted molar refractivity (Wildman–Crippen MR) is 72.7 cm³/mol. The van der Waals surface area contributed by atoms with Gasteiger partial charge in [-0.1, -0.05) is 25.1 Å². The molecule has 0 saturated heterocycles. The quantitative estimate of drug-likeness (QED) is 0.814. The van der Waals surface area contributed by atoms with Gasteiger partial charge in [0.25, 0.3) is 0 Å². The maximum absolute atomic E-state index is 9.89. The topological polar surface area (TPSA) is 41.5 Å². The van der Waals surface area contributed by atoms with E-state index in [0.29, 0.717) is 17.9 Å². The second kappa shape index (κ2) is 6.21. The largest absolute Gasteiger partial charge is 0.508 e. The number of benzene rings is 1. The van der Waals surface area contributed by atoms with Gasteiger partial charge in [-0.05, 0) is 32.3 Å². The molecule has 2 N–H and O–H groups in total. The molecule has 0 aromatic heterocycles. The highest BCUT2D eigenvalue weighted by Gasteiger charge is 2.31. The highest BCUT2D eigenvalue weighted by molar-refractivity contribution is 5.34. The predicted octanol–water partition coefficient (Wildman–Crippen LogP) is 3.00. The van der Waals surface area contributed by atoms with Crippen molar-refractivity contribution in [2.75, 3.05) is 6.61 Å². The van der Waals surface area contributed by atoms with Crippen LogP contribution in [0, 0.1) is 0 Å². The number of rotatable bonds is 6. The zero-order valence-corrected chi connectivity index (χ0v) is 11.2. The summed E-state index contributed by atoms with van der Waals surface area (Å²) < 4.78 is 5.56. The van der Waals surface area contributed by atoms with Gasteiger partial charge in [0.1, 0.15) is 5.75 Å². The Balaban J connectivity index is 1.89. The Morgan fingerprint density at radius 1 is 1.33 bits per heavy atom. The minimum Gasteiger partial charge on any atom is -0.508 e. The molecule has 0 radical (unpaired) electrons. The monoisotopic (exact) mass is 249 g/mol. The lowest BCUT2D eigenvalue weighted by atomic mass is 9.87. The first-order valence-corrected chi connectivity index (χ1v) is 6.90. The van der Waals surface area contributed by atoms with E-state index >= 15 is 0 Å². The number of ether oxygens (including phenoxy) is 1. The molecule has 3 heteroatoms. The van der Waals surface area contributed by atoms with Gasteiger partial charge in [-0.3, -0.25) is 0 Å². The summed E-state index contributed by atoms with van der Waals surface area (Å²) in [5, 5.41) is 13.5. The minimum absolute atomic E-state index is 0.235. The fourth-order valence-electron chi connectivity index (χ4n) is 2.57. The maximum Gasteiger partial charge on any atom is 0.120 e. The fraction of sp³-hybridized carbons (Fsp3) is 0.600. The number of hydrogen-bond acceptors (Lipinski definition) is 3. The van der Waals surface area contributed by atoms with Crippen LogP contribution < -0.4 is 5.32 Å². The van der Waals surface area contributed by atoms with Gasteiger partial charge >= 0.3 is 0 Å². The highest BCUT2D eigenvalue weighted by Crippen LogP contribution is 2.30. The molecule has 3 nitrogen and oxygen atoms in total. The zero-order valence-electron chi connectivity index (χ0n) is 11.2. The number of phenolic OH excluding ortho intramolecular Hbond substituents is 1. The summed E-state index contributed by atoms with van der Waals surface area (Å²) >= 11 is 0. The lowest BCUT2D eigenvalue weighted by molar-refractivity contribution is -0.0126. The summed E-state index contributed by atoms with van der Waals surface area (Å²) in [7, 11) is 0. The number of nitrogens with one attached hydrogen (secondary N) is 1. The second-order valence-corrected chi connectivity index (χ2v) is 4.93. The van der Waals surface area contributed by atoms with Crippen LogP contribution in [0.5, 0.6) is 5.75 Å². The highest BCUT2D eigenvalue weighted by atomic mass is 16.5. The molecular weight excluding hydrogens is 226 g/mol. The lowest BCUT2D eigenvalue weighted by Crippen LogP contribution is -2.46. The zero-order chi connectivity index (χ0) is 13.0. The third kappa shape index (κ3) is 3.03. The van der Waals surface area contributed by atoms with Crippen molar-refractivity contribution < 1.29 is 9.84 Å². The smallest absolute Gasteiger partial charge is 0.120 e. The van der Waals surface area contributed by atoms with Crippen LogP contribution in [0.15, 0.2) is 24.3 Å².